The molecule has 17 heavy (non-hydrogen) atoms. The predicted octanol–water partition coefficient (Wildman–Crippen LogP) is 2.53. The van der Waals surface area contributed by atoms with Crippen LogP contribution in [0.5, 0.6) is 0 Å². The summed E-state index contributed by atoms with van der Waals surface area (Å²) in [5.41, 5.74) is -0.407. The molecule has 0 radical (unpaired) electrons. The molecule has 0 bridgehead atoms. The zero-order valence-electron chi connectivity index (χ0n) is 12.0. The third-order valence-electron chi connectivity index (χ3n) is 3.50. The number of hydrogen-bond acceptors (Lipinski definition) is 3. The van der Waals surface area contributed by atoms with E-state index in [0.717, 1.165) is 19.0 Å². The molecule has 3 heteroatoms. The third-order valence-corrected chi connectivity index (χ3v) is 3.50. The van der Waals surface area contributed by atoms with Crippen LogP contribution in [-0.2, 0) is 0 Å². The topological polar surface area (TPSA) is 39.1 Å². The van der Waals surface area contributed by atoms with Crippen LogP contribution >= 0.6 is 0 Å². The van der Waals surface area contributed by atoms with E-state index in [4.69, 9.17) is 0 Å². The van der Waals surface area contributed by atoms with E-state index >= 15 is 0 Å². The average Bonchev–Trinajstić information content (AvgIpc) is 3.01. The lowest BCUT2D eigenvalue weighted by atomic mass is 9.93. The minimum atomic E-state index is -0.407. The Hall–Kier alpha value is -0.590. The number of rotatable bonds is 7. The van der Waals surface area contributed by atoms with Crippen LogP contribution in [-0.4, -0.2) is 35.1 Å². The first kappa shape index (κ1) is 14.5. The average molecular weight is 237 g/mol. The highest BCUT2D eigenvalue weighted by Crippen LogP contribution is 2.30. The Labute approximate surface area is 106 Å². The first-order chi connectivity index (χ1) is 7.91. The van der Waals surface area contributed by atoms with E-state index in [2.05, 4.69) is 44.0 Å². The van der Waals surface area contributed by atoms with Gasteiger partial charge in [0.2, 0.25) is 0 Å². The van der Waals surface area contributed by atoms with Gasteiger partial charge in [-0.25, -0.2) is 0 Å². The molecular weight excluding hydrogens is 210 g/mol. The lowest BCUT2D eigenvalue weighted by Crippen LogP contribution is -2.50. The molecule has 2 atom stereocenters. The quantitative estimate of drug-likeness (QED) is 0.739. The smallest absolute Gasteiger partial charge is 0.105 e. The zero-order valence-corrected chi connectivity index (χ0v) is 12.0. The molecule has 0 aromatic carbocycles. The highest BCUT2D eigenvalue weighted by atomic mass is 15.2. The highest BCUT2D eigenvalue weighted by molar-refractivity contribution is 5.06. The summed E-state index contributed by atoms with van der Waals surface area (Å²) >= 11 is 0. The van der Waals surface area contributed by atoms with Crippen LogP contribution in [0.1, 0.15) is 53.9 Å². The maximum absolute atomic E-state index is 9.36. The van der Waals surface area contributed by atoms with Crippen LogP contribution in [0.15, 0.2) is 0 Å². The fourth-order valence-electron chi connectivity index (χ4n) is 2.82. The number of nitrogens with one attached hydrogen (secondary N) is 1. The fraction of sp³-hybridized carbons (Fsp3) is 0.929. The maximum Gasteiger partial charge on any atom is 0.105 e. The van der Waals surface area contributed by atoms with Crippen LogP contribution in [0.3, 0.4) is 0 Å². The maximum atomic E-state index is 9.36. The Bertz CT molecular complexity index is 278. The van der Waals surface area contributed by atoms with Gasteiger partial charge in [0.1, 0.15) is 5.54 Å². The molecule has 0 aliphatic heterocycles. The Balaban J connectivity index is 2.57. The van der Waals surface area contributed by atoms with Gasteiger partial charge < -0.3 is 0 Å². The summed E-state index contributed by atoms with van der Waals surface area (Å²) in [7, 11) is 0. The third kappa shape index (κ3) is 4.29. The molecule has 0 saturated heterocycles. The van der Waals surface area contributed by atoms with Gasteiger partial charge in [0, 0.05) is 18.1 Å². The first-order valence-corrected chi connectivity index (χ1v) is 6.86. The molecule has 0 aromatic heterocycles. The SMILES string of the molecule is CCN(C(C)CC(C)(C#N)NC(C)C)C1CC1. The number of nitriles is 1. The van der Waals surface area contributed by atoms with Crippen molar-refractivity contribution < 1.29 is 0 Å². The van der Waals surface area contributed by atoms with Gasteiger partial charge in [-0.1, -0.05) is 6.92 Å². The van der Waals surface area contributed by atoms with Crippen molar-refractivity contribution in [3.8, 4) is 6.07 Å². The molecule has 1 N–H and O–H groups in total. The lowest BCUT2D eigenvalue weighted by molar-refractivity contribution is 0.173. The summed E-state index contributed by atoms with van der Waals surface area (Å²) in [6, 6.07) is 4.04. The number of nitrogens with zero attached hydrogens (tertiary/aromatic N) is 2. The summed E-state index contributed by atoms with van der Waals surface area (Å²) in [4.78, 5) is 2.54. The molecule has 1 aliphatic carbocycles. The normalized spacial score (nSPS) is 21.3. The highest BCUT2D eigenvalue weighted by Gasteiger charge is 2.35. The molecule has 1 rings (SSSR count). The molecule has 1 aliphatic rings. The van der Waals surface area contributed by atoms with Crippen LogP contribution in [0.2, 0.25) is 0 Å². The van der Waals surface area contributed by atoms with E-state index in [-0.39, 0.29) is 0 Å². The van der Waals surface area contributed by atoms with Crippen molar-refractivity contribution >= 4 is 0 Å². The summed E-state index contributed by atoms with van der Waals surface area (Å²) < 4.78 is 0. The molecule has 0 spiro atoms. The fourth-order valence-corrected chi connectivity index (χ4v) is 2.82. The van der Waals surface area contributed by atoms with E-state index in [0.29, 0.717) is 12.1 Å². The molecule has 0 heterocycles. The summed E-state index contributed by atoms with van der Waals surface area (Å²) in [5, 5.41) is 12.7. The first-order valence-electron chi connectivity index (χ1n) is 6.86. The Morgan fingerprint density at radius 2 is 2.00 bits per heavy atom. The largest absolute Gasteiger partial charge is 0.298 e. The van der Waals surface area contributed by atoms with Gasteiger partial charge in [0.25, 0.3) is 0 Å². The van der Waals surface area contributed by atoms with Crippen molar-refractivity contribution in [3.63, 3.8) is 0 Å². The van der Waals surface area contributed by atoms with Gasteiger partial charge in [-0.2, -0.15) is 5.26 Å². The minimum Gasteiger partial charge on any atom is -0.298 e. The molecular formula is C14H27N3. The molecule has 1 saturated carbocycles. The lowest BCUT2D eigenvalue weighted by Gasteiger charge is -2.34. The van der Waals surface area contributed by atoms with Crippen molar-refractivity contribution in [2.75, 3.05) is 6.54 Å². The summed E-state index contributed by atoms with van der Waals surface area (Å²) in [6.45, 7) is 11.8. The van der Waals surface area contributed by atoms with Crippen molar-refractivity contribution in [1.29, 1.82) is 5.26 Å². The van der Waals surface area contributed by atoms with Crippen LogP contribution in [0.25, 0.3) is 0 Å². The zero-order chi connectivity index (χ0) is 13.1. The monoisotopic (exact) mass is 237 g/mol. The molecule has 0 aromatic rings. The van der Waals surface area contributed by atoms with Crippen molar-refractivity contribution in [2.45, 2.75) is 77.5 Å². The molecule has 2 unspecified atom stereocenters. The Kier molecular flexibility index (Phi) is 4.97. The second-order valence-electron chi connectivity index (χ2n) is 5.86. The van der Waals surface area contributed by atoms with Crippen LogP contribution in [0.4, 0.5) is 0 Å². The molecule has 3 nitrogen and oxygen atoms in total. The molecule has 1 fully saturated rings. The molecule has 0 amide bonds. The minimum absolute atomic E-state index is 0.350. The standard InChI is InChI=1S/C14H27N3/c1-6-17(13-7-8-13)12(4)9-14(5,10-15)16-11(2)3/h11-13,16H,6-9H2,1-5H3. The van der Waals surface area contributed by atoms with E-state index < -0.39 is 5.54 Å². The second kappa shape index (κ2) is 5.84. The Morgan fingerprint density at radius 3 is 2.35 bits per heavy atom. The van der Waals surface area contributed by atoms with Crippen molar-refractivity contribution in [1.82, 2.24) is 10.2 Å². The summed E-state index contributed by atoms with van der Waals surface area (Å²) in [5.74, 6) is 0. The van der Waals surface area contributed by atoms with Crippen LogP contribution in [0, 0.1) is 11.3 Å². The van der Waals surface area contributed by atoms with Crippen molar-refractivity contribution in [3.05, 3.63) is 0 Å². The van der Waals surface area contributed by atoms with E-state index in [1.165, 1.54) is 12.8 Å². The molecule has 98 valence electrons. The Morgan fingerprint density at radius 1 is 1.41 bits per heavy atom. The van der Waals surface area contributed by atoms with Crippen LogP contribution < -0.4 is 5.32 Å². The van der Waals surface area contributed by atoms with Gasteiger partial charge in [-0.3, -0.25) is 10.2 Å². The second-order valence-corrected chi connectivity index (χ2v) is 5.86. The van der Waals surface area contributed by atoms with E-state index in [1.54, 1.807) is 0 Å². The van der Waals surface area contributed by atoms with E-state index in [9.17, 15) is 5.26 Å². The van der Waals surface area contributed by atoms with Gasteiger partial charge >= 0.3 is 0 Å². The van der Waals surface area contributed by atoms with Crippen molar-refractivity contribution in [2.24, 2.45) is 0 Å². The van der Waals surface area contributed by atoms with Gasteiger partial charge in [0.15, 0.2) is 0 Å². The van der Waals surface area contributed by atoms with E-state index in [1.807, 2.05) is 6.92 Å². The summed E-state index contributed by atoms with van der Waals surface area (Å²) in [6.07, 6.45) is 3.56. The number of hydrogen-bond donors (Lipinski definition) is 1. The van der Waals surface area contributed by atoms with Gasteiger partial charge in [-0.15, -0.1) is 0 Å². The predicted molar refractivity (Wildman–Crippen MR) is 71.8 cm³/mol. The van der Waals surface area contributed by atoms with Gasteiger partial charge in [0.05, 0.1) is 6.07 Å². The van der Waals surface area contributed by atoms with Gasteiger partial charge in [-0.05, 0) is 53.5 Å².